The van der Waals surface area contributed by atoms with Crippen LogP contribution in [-0.2, 0) is 0 Å². The predicted molar refractivity (Wildman–Crippen MR) is 62.4 cm³/mol. The Morgan fingerprint density at radius 2 is 2.21 bits per heavy atom. The second-order valence-electron chi connectivity index (χ2n) is 2.68. The van der Waals surface area contributed by atoms with Crippen molar-refractivity contribution in [2.45, 2.75) is 6.92 Å². The standard InChI is InChI=1S/C9H8ClIO3/c1-4-7(9(12)13)5(11)3-6(14-2)8(4)10/h3H,1-2H3,(H,12,13). The zero-order valence-electron chi connectivity index (χ0n) is 7.60. The number of methoxy groups -OCH3 is 1. The smallest absolute Gasteiger partial charge is 0.337 e. The van der Waals surface area contributed by atoms with E-state index in [-0.39, 0.29) is 5.56 Å². The van der Waals surface area contributed by atoms with Crippen LogP contribution in [0.5, 0.6) is 5.75 Å². The summed E-state index contributed by atoms with van der Waals surface area (Å²) in [4.78, 5) is 10.9. The number of halogens is 2. The quantitative estimate of drug-likeness (QED) is 0.850. The van der Waals surface area contributed by atoms with Crippen LogP contribution in [0.15, 0.2) is 6.07 Å². The fraction of sp³-hybridized carbons (Fsp3) is 0.222. The third-order valence-corrected chi connectivity index (χ3v) is 3.17. The highest BCUT2D eigenvalue weighted by molar-refractivity contribution is 14.1. The van der Waals surface area contributed by atoms with Gasteiger partial charge in [0.1, 0.15) is 5.75 Å². The molecule has 0 heterocycles. The molecule has 0 aliphatic rings. The lowest BCUT2D eigenvalue weighted by Gasteiger charge is -2.10. The molecule has 0 saturated heterocycles. The van der Waals surface area contributed by atoms with Gasteiger partial charge in [-0.15, -0.1) is 0 Å². The van der Waals surface area contributed by atoms with Crippen LogP contribution in [0.2, 0.25) is 5.02 Å². The molecule has 0 atom stereocenters. The number of ether oxygens (including phenoxy) is 1. The zero-order valence-corrected chi connectivity index (χ0v) is 10.5. The molecule has 0 fully saturated rings. The van der Waals surface area contributed by atoms with Crippen LogP contribution in [0.25, 0.3) is 0 Å². The summed E-state index contributed by atoms with van der Waals surface area (Å²) in [5.74, 6) is -0.477. The number of hydrogen-bond donors (Lipinski definition) is 1. The summed E-state index contributed by atoms with van der Waals surface area (Å²) in [7, 11) is 1.50. The van der Waals surface area contributed by atoms with Crippen LogP contribution < -0.4 is 4.74 Å². The first-order chi connectivity index (χ1) is 6.49. The Hall–Kier alpha value is -0.490. The first-order valence-electron chi connectivity index (χ1n) is 3.75. The van der Waals surface area contributed by atoms with E-state index in [4.69, 9.17) is 21.4 Å². The molecule has 0 aromatic heterocycles. The largest absolute Gasteiger partial charge is 0.495 e. The van der Waals surface area contributed by atoms with Crippen molar-refractivity contribution in [3.05, 3.63) is 25.8 Å². The maximum absolute atomic E-state index is 10.9. The number of aromatic carboxylic acids is 1. The number of benzene rings is 1. The molecule has 76 valence electrons. The van der Waals surface area contributed by atoms with Crippen molar-refractivity contribution < 1.29 is 14.6 Å². The molecule has 1 aromatic carbocycles. The molecule has 14 heavy (non-hydrogen) atoms. The minimum atomic E-state index is -0.976. The maximum Gasteiger partial charge on any atom is 0.337 e. The van der Waals surface area contributed by atoms with Crippen molar-refractivity contribution in [3.8, 4) is 5.75 Å². The molecule has 1 aromatic rings. The summed E-state index contributed by atoms with van der Waals surface area (Å²) in [6.07, 6.45) is 0. The maximum atomic E-state index is 10.9. The van der Waals surface area contributed by atoms with E-state index in [9.17, 15) is 4.79 Å². The number of carboxylic acid groups (broad SMARTS) is 1. The molecule has 0 saturated carbocycles. The van der Waals surface area contributed by atoms with Gasteiger partial charge in [-0.3, -0.25) is 0 Å². The van der Waals surface area contributed by atoms with Gasteiger partial charge < -0.3 is 9.84 Å². The molecular formula is C9H8ClIO3. The van der Waals surface area contributed by atoms with E-state index < -0.39 is 5.97 Å². The molecule has 1 N–H and O–H groups in total. The van der Waals surface area contributed by atoms with Crippen molar-refractivity contribution in [1.29, 1.82) is 0 Å². The van der Waals surface area contributed by atoms with Gasteiger partial charge >= 0.3 is 5.97 Å². The summed E-state index contributed by atoms with van der Waals surface area (Å²) in [5, 5.41) is 9.28. The SMILES string of the molecule is COc1cc(I)c(C(=O)O)c(C)c1Cl. The van der Waals surface area contributed by atoms with Gasteiger partial charge in [0, 0.05) is 3.57 Å². The molecule has 0 spiro atoms. The minimum absolute atomic E-state index is 0.233. The van der Waals surface area contributed by atoms with Gasteiger partial charge in [0.2, 0.25) is 0 Å². The Morgan fingerprint density at radius 3 is 2.64 bits per heavy atom. The highest BCUT2D eigenvalue weighted by Crippen LogP contribution is 2.33. The lowest BCUT2D eigenvalue weighted by atomic mass is 10.1. The zero-order chi connectivity index (χ0) is 10.9. The second-order valence-corrected chi connectivity index (χ2v) is 4.22. The van der Waals surface area contributed by atoms with E-state index in [1.807, 2.05) is 22.6 Å². The summed E-state index contributed by atoms with van der Waals surface area (Å²) in [5.41, 5.74) is 0.763. The van der Waals surface area contributed by atoms with Crippen molar-refractivity contribution in [2.24, 2.45) is 0 Å². The number of hydrogen-bond acceptors (Lipinski definition) is 2. The fourth-order valence-corrected chi connectivity index (χ4v) is 2.28. The van der Waals surface area contributed by atoms with Gasteiger partial charge in [0.15, 0.2) is 0 Å². The monoisotopic (exact) mass is 326 g/mol. The summed E-state index contributed by atoms with van der Waals surface area (Å²) >= 11 is 7.87. The molecule has 5 heteroatoms. The second kappa shape index (κ2) is 4.35. The topological polar surface area (TPSA) is 46.5 Å². The van der Waals surface area contributed by atoms with Crippen LogP contribution in [0.1, 0.15) is 15.9 Å². The summed E-state index contributed by atoms with van der Waals surface area (Å²) < 4.78 is 5.63. The van der Waals surface area contributed by atoms with Crippen LogP contribution in [0.4, 0.5) is 0 Å². The Bertz CT molecular complexity index is 390. The average molecular weight is 327 g/mol. The average Bonchev–Trinajstić information content (AvgIpc) is 2.10. The van der Waals surface area contributed by atoms with Crippen molar-refractivity contribution in [3.63, 3.8) is 0 Å². The molecule has 1 rings (SSSR count). The molecule has 3 nitrogen and oxygen atoms in total. The summed E-state index contributed by atoms with van der Waals surface area (Å²) in [6.45, 7) is 1.66. The van der Waals surface area contributed by atoms with Crippen molar-refractivity contribution >= 4 is 40.2 Å². The lowest BCUT2D eigenvalue weighted by Crippen LogP contribution is -2.04. The van der Waals surface area contributed by atoms with Crippen LogP contribution in [-0.4, -0.2) is 18.2 Å². The van der Waals surface area contributed by atoms with Gasteiger partial charge in [-0.2, -0.15) is 0 Å². The third kappa shape index (κ3) is 1.95. The normalized spacial score (nSPS) is 10.0. The highest BCUT2D eigenvalue weighted by atomic mass is 127. The van der Waals surface area contributed by atoms with Gasteiger partial charge in [-0.25, -0.2) is 4.79 Å². The van der Waals surface area contributed by atoms with E-state index in [0.29, 0.717) is 19.9 Å². The Morgan fingerprint density at radius 1 is 1.64 bits per heavy atom. The lowest BCUT2D eigenvalue weighted by molar-refractivity contribution is 0.0695. The third-order valence-electron chi connectivity index (χ3n) is 1.85. The molecule has 0 bridgehead atoms. The van der Waals surface area contributed by atoms with E-state index in [1.54, 1.807) is 13.0 Å². The molecule has 0 radical (unpaired) electrons. The number of carbonyl (C=O) groups is 1. The molecule has 0 aliphatic heterocycles. The van der Waals surface area contributed by atoms with Crippen LogP contribution in [0, 0.1) is 10.5 Å². The van der Waals surface area contributed by atoms with Gasteiger partial charge in [-0.1, -0.05) is 11.6 Å². The van der Waals surface area contributed by atoms with E-state index in [1.165, 1.54) is 7.11 Å². The van der Waals surface area contributed by atoms with Crippen LogP contribution in [0.3, 0.4) is 0 Å². The van der Waals surface area contributed by atoms with E-state index in [2.05, 4.69) is 0 Å². The first kappa shape index (κ1) is 11.6. The number of carboxylic acids is 1. The predicted octanol–water partition coefficient (Wildman–Crippen LogP) is 2.96. The van der Waals surface area contributed by atoms with Gasteiger partial charge in [0.05, 0.1) is 17.7 Å². The highest BCUT2D eigenvalue weighted by Gasteiger charge is 2.17. The van der Waals surface area contributed by atoms with E-state index >= 15 is 0 Å². The van der Waals surface area contributed by atoms with Crippen molar-refractivity contribution in [1.82, 2.24) is 0 Å². The van der Waals surface area contributed by atoms with E-state index in [0.717, 1.165) is 0 Å². The Kier molecular flexibility index (Phi) is 3.60. The van der Waals surface area contributed by atoms with Crippen LogP contribution >= 0.6 is 34.2 Å². The van der Waals surface area contributed by atoms with Crippen molar-refractivity contribution in [2.75, 3.05) is 7.11 Å². The Labute approximate surface area is 100 Å². The minimum Gasteiger partial charge on any atom is -0.495 e. The number of rotatable bonds is 2. The first-order valence-corrected chi connectivity index (χ1v) is 5.20. The van der Waals surface area contributed by atoms with Gasteiger partial charge in [0.25, 0.3) is 0 Å². The molecule has 0 unspecified atom stereocenters. The fourth-order valence-electron chi connectivity index (χ4n) is 1.14. The molecule has 0 amide bonds. The molecular weight excluding hydrogens is 318 g/mol. The Balaban J connectivity index is 3.49. The van der Waals surface area contributed by atoms with Gasteiger partial charge in [-0.05, 0) is 41.1 Å². The molecule has 0 aliphatic carbocycles. The summed E-state index contributed by atoms with van der Waals surface area (Å²) in [6, 6.07) is 1.61.